The summed E-state index contributed by atoms with van der Waals surface area (Å²) in [6, 6.07) is 13.3. The van der Waals surface area contributed by atoms with Crippen LogP contribution in [-0.2, 0) is 11.3 Å². The van der Waals surface area contributed by atoms with Gasteiger partial charge in [-0.3, -0.25) is 5.32 Å². The molecule has 0 radical (unpaired) electrons. The number of nitrogens with one attached hydrogen (secondary N) is 2. The van der Waals surface area contributed by atoms with Crippen LogP contribution in [0, 0.1) is 0 Å². The largest absolute Gasteiger partial charge is 0.454 e. The van der Waals surface area contributed by atoms with E-state index >= 15 is 0 Å². The number of fused-ring (bicyclic) bond motifs is 1. The van der Waals surface area contributed by atoms with E-state index in [0.29, 0.717) is 12.2 Å². The van der Waals surface area contributed by atoms with Gasteiger partial charge in [-0.1, -0.05) is 6.07 Å². The summed E-state index contributed by atoms with van der Waals surface area (Å²) in [4.78, 5) is 11.7. The molecule has 0 atom stereocenters. The van der Waals surface area contributed by atoms with E-state index in [1.54, 1.807) is 0 Å². The third kappa shape index (κ3) is 4.79. The number of carbonyl (C=O) groups is 1. The van der Waals surface area contributed by atoms with Crippen LogP contribution in [0.1, 0.15) is 26.3 Å². The van der Waals surface area contributed by atoms with Crippen LogP contribution in [0.4, 0.5) is 16.2 Å². The minimum Gasteiger partial charge on any atom is -0.454 e. The summed E-state index contributed by atoms with van der Waals surface area (Å²) in [5.41, 5.74) is 2.21. The SMILES string of the molecule is CC(C)(C)OC(=O)Nc1ccc(NCc2ccc3c(c2)OCO3)cc1. The standard InChI is InChI=1S/C19H22N2O4/c1-19(2,3)25-18(22)21-15-7-5-14(6-8-15)20-11-13-4-9-16-17(10-13)24-12-23-16/h4-10,20H,11-12H2,1-3H3,(H,21,22). The second-order valence-electron chi connectivity index (χ2n) is 6.75. The van der Waals surface area contributed by atoms with Gasteiger partial charge in [-0.15, -0.1) is 0 Å². The molecule has 0 saturated carbocycles. The molecule has 132 valence electrons. The summed E-state index contributed by atoms with van der Waals surface area (Å²) in [5, 5.41) is 6.04. The Kier molecular flexibility index (Phi) is 4.70. The summed E-state index contributed by atoms with van der Waals surface area (Å²) in [7, 11) is 0. The summed E-state index contributed by atoms with van der Waals surface area (Å²) in [5.74, 6) is 1.55. The van der Waals surface area contributed by atoms with Gasteiger partial charge in [0.05, 0.1) is 0 Å². The Balaban J connectivity index is 1.53. The number of rotatable bonds is 4. The topological polar surface area (TPSA) is 68.8 Å². The first-order valence-corrected chi connectivity index (χ1v) is 8.11. The third-order valence-corrected chi connectivity index (χ3v) is 3.46. The molecule has 2 N–H and O–H groups in total. The van der Waals surface area contributed by atoms with Crippen molar-refractivity contribution in [3.05, 3.63) is 48.0 Å². The quantitative estimate of drug-likeness (QED) is 0.863. The van der Waals surface area contributed by atoms with Crippen molar-refractivity contribution in [1.82, 2.24) is 0 Å². The Labute approximate surface area is 147 Å². The van der Waals surface area contributed by atoms with Gasteiger partial charge in [0.15, 0.2) is 11.5 Å². The van der Waals surface area contributed by atoms with Crippen molar-refractivity contribution < 1.29 is 19.0 Å². The molecule has 0 aliphatic carbocycles. The number of hydrogen-bond donors (Lipinski definition) is 2. The molecule has 1 aliphatic rings. The molecule has 1 heterocycles. The van der Waals surface area contributed by atoms with Crippen molar-refractivity contribution in [3.63, 3.8) is 0 Å². The molecule has 2 aromatic rings. The summed E-state index contributed by atoms with van der Waals surface area (Å²) in [6.45, 7) is 6.43. The predicted molar refractivity (Wildman–Crippen MR) is 96.2 cm³/mol. The monoisotopic (exact) mass is 342 g/mol. The number of ether oxygens (including phenoxy) is 3. The molecule has 6 heteroatoms. The highest BCUT2D eigenvalue weighted by atomic mass is 16.7. The zero-order valence-corrected chi connectivity index (χ0v) is 14.6. The van der Waals surface area contributed by atoms with Crippen LogP contribution in [0.5, 0.6) is 11.5 Å². The summed E-state index contributed by atoms with van der Waals surface area (Å²) < 4.78 is 15.9. The molecule has 3 rings (SSSR count). The minimum atomic E-state index is -0.518. The fraction of sp³-hybridized carbons (Fsp3) is 0.316. The second kappa shape index (κ2) is 6.93. The molecule has 1 aliphatic heterocycles. The van der Waals surface area contributed by atoms with Crippen LogP contribution in [0.15, 0.2) is 42.5 Å². The van der Waals surface area contributed by atoms with E-state index in [1.165, 1.54) is 0 Å². The highest BCUT2D eigenvalue weighted by Gasteiger charge is 2.16. The molecular formula is C19H22N2O4. The van der Waals surface area contributed by atoms with Crippen LogP contribution in [0.25, 0.3) is 0 Å². The molecular weight excluding hydrogens is 320 g/mol. The van der Waals surface area contributed by atoms with Crippen LogP contribution < -0.4 is 20.1 Å². The lowest BCUT2D eigenvalue weighted by atomic mass is 10.2. The second-order valence-corrected chi connectivity index (χ2v) is 6.75. The zero-order chi connectivity index (χ0) is 17.9. The number of benzene rings is 2. The van der Waals surface area contributed by atoms with Crippen molar-refractivity contribution in [1.29, 1.82) is 0 Å². The Morgan fingerprint density at radius 2 is 1.72 bits per heavy atom. The highest BCUT2D eigenvalue weighted by Crippen LogP contribution is 2.32. The number of amides is 1. The molecule has 2 aromatic carbocycles. The first kappa shape index (κ1) is 17.0. The molecule has 25 heavy (non-hydrogen) atoms. The van der Waals surface area contributed by atoms with E-state index in [-0.39, 0.29) is 6.79 Å². The van der Waals surface area contributed by atoms with Crippen LogP contribution in [-0.4, -0.2) is 18.5 Å². The van der Waals surface area contributed by atoms with Crippen molar-refractivity contribution in [2.75, 3.05) is 17.4 Å². The van der Waals surface area contributed by atoms with Crippen molar-refractivity contribution in [2.24, 2.45) is 0 Å². The molecule has 6 nitrogen and oxygen atoms in total. The Morgan fingerprint density at radius 1 is 1.04 bits per heavy atom. The Morgan fingerprint density at radius 3 is 2.44 bits per heavy atom. The van der Waals surface area contributed by atoms with E-state index < -0.39 is 11.7 Å². The minimum absolute atomic E-state index is 0.276. The fourth-order valence-electron chi connectivity index (χ4n) is 2.35. The average Bonchev–Trinajstić information content (AvgIpc) is 3.00. The number of hydrogen-bond acceptors (Lipinski definition) is 5. The maximum Gasteiger partial charge on any atom is 0.412 e. The zero-order valence-electron chi connectivity index (χ0n) is 14.6. The smallest absolute Gasteiger partial charge is 0.412 e. The molecule has 0 saturated heterocycles. The average molecular weight is 342 g/mol. The highest BCUT2D eigenvalue weighted by molar-refractivity contribution is 5.85. The van der Waals surface area contributed by atoms with E-state index in [9.17, 15) is 4.79 Å². The lowest BCUT2D eigenvalue weighted by molar-refractivity contribution is 0.0636. The van der Waals surface area contributed by atoms with E-state index in [4.69, 9.17) is 14.2 Å². The van der Waals surface area contributed by atoms with Gasteiger partial charge in [0.1, 0.15) is 5.60 Å². The van der Waals surface area contributed by atoms with Gasteiger partial charge in [-0.2, -0.15) is 0 Å². The molecule has 0 fully saturated rings. The molecule has 0 spiro atoms. The van der Waals surface area contributed by atoms with Gasteiger partial charge in [-0.05, 0) is 62.7 Å². The molecule has 0 aromatic heterocycles. The van der Waals surface area contributed by atoms with Gasteiger partial charge in [0, 0.05) is 17.9 Å². The van der Waals surface area contributed by atoms with Crippen LogP contribution in [0.3, 0.4) is 0 Å². The molecule has 1 amide bonds. The normalized spacial score (nSPS) is 12.6. The van der Waals surface area contributed by atoms with E-state index in [1.807, 2.05) is 63.2 Å². The van der Waals surface area contributed by atoms with Gasteiger partial charge in [-0.25, -0.2) is 4.79 Å². The van der Waals surface area contributed by atoms with Crippen molar-refractivity contribution >= 4 is 17.5 Å². The first-order valence-electron chi connectivity index (χ1n) is 8.11. The van der Waals surface area contributed by atoms with Gasteiger partial charge < -0.3 is 19.5 Å². The first-order chi connectivity index (χ1) is 11.9. The Hall–Kier alpha value is -2.89. The van der Waals surface area contributed by atoms with Crippen molar-refractivity contribution in [2.45, 2.75) is 32.9 Å². The lowest BCUT2D eigenvalue weighted by Crippen LogP contribution is -2.27. The maximum atomic E-state index is 11.7. The summed E-state index contributed by atoms with van der Waals surface area (Å²) >= 11 is 0. The molecule has 0 unspecified atom stereocenters. The number of carbonyl (C=O) groups excluding carboxylic acids is 1. The number of anilines is 2. The molecule has 0 bridgehead atoms. The van der Waals surface area contributed by atoms with E-state index in [0.717, 1.165) is 22.7 Å². The Bertz CT molecular complexity index is 751. The maximum absolute atomic E-state index is 11.7. The van der Waals surface area contributed by atoms with Gasteiger partial charge in [0.25, 0.3) is 0 Å². The third-order valence-electron chi connectivity index (χ3n) is 3.46. The lowest BCUT2D eigenvalue weighted by Gasteiger charge is -2.19. The fourth-order valence-corrected chi connectivity index (χ4v) is 2.35. The predicted octanol–water partition coefficient (Wildman–Crippen LogP) is 4.37. The van der Waals surface area contributed by atoms with E-state index in [2.05, 4.69) is 10.6 Å². The van der Waals surface area contributed by atoms with Gasteiger partial charge >= 0.3 is 6.09 Å². The van der Waals surface area contributed by atoms with Crippen LogP contribution >= 0.6 is 0 Å². The van der Waals surface area contributed by atoms with Crippen LogP contribution in [0.2, 0.25) is 0 Å². The van der Waals surface area contributed by atoms with Gasteiger partial charge in [0.2, 0.25) is 6.79 Å². The van der Waals surface area contributed by atoms with Crippen molar-refractivity contribution in [3.8, 4) is 11.5 Å². The summed E-state index contributed by atoms with van der Waals surface area (Å²) in [6.07, 6.45) is -0.464.